The minimum absolute atomic E-state index is 0.0693. The molecule has 1 rings (SSSR count). The second-order valence-corrected chi connectivity index (χ2v) is 5.43. The van der Waals surface area contributed by atoms with Crippen LogP contribution in [-0.4, -0.2) is 30.4 Å². The molecule has 0 radical (unpaired) electrons. The highest BCUT2D eigenvalue weighted by atomic mass is 16.6. The number of hydrogen-bond acceptors (Lipinski definition) is 3. The van der Waals surface area contributed by atoms with E-state index >= 15 is 0 Å². The number of carbonyl (C=O) groups excluding carboxylic acids is 1. The van der Waals surface area contributed by atoms with E-state index in [0.29, 0.717) is 5.92 Å². The molecule has 4 heteroatoms. The normalized spacial score (nSPS) is 23.4. The molecule has 94 valence electrons. The average Bonchev–Trinajstić information content (AvgIpc) is 2.93. The molecule has 1 heterocycles. The van der Waals surface area contributed by atoms with Crippen molar-refractivity contribution in [2.75, 3.05) is 6.61 Å². The second-order valence-electron chi connectivity index (χ2n) is 5.43. The molecule has 1 aliphatic heterocycles. The lowest BCUT2D eigenvalue weighted by Gasteiger charge is -2.25. The van der Waals surface area contributed by atoms with Crippen molar-refractivity contribution in [3.05, 3.63) is 0 Å². The van der Waals surface area contributed by atoms with Crippen LogP contribution in [0.15, 0.2) is 0 Å². The monoisotopic (exact) mass is 229 g/mol. The number of epoxide rings is 1. The fourth-order valence-corrected chi connectivity index (χ4v) is 1.56. The first-order valence-electron chi connectivity index (χ1n) is 5.94. The third kappa shape index (κ3) is 4.39. The summed E-state index contributed by atoms with van der Waals surface area (Å²) in [5.74, 6) is 0.403. The maximum Gasteiger partial charge on any atom is 0.407 e. The molecule has 0 aromatic carbocycles. The molecule has 16 heavy (non-hydrogen) atoms. The van der Waals surface area contributed by atoms with Crippen molar-refractivity contribution in [1.29, 1.82) is 0 Å². The summed E-state index contributed by atoms with van der Waals surface area (Å²) in [4.78, 5) is 11.6. The molecule has 3 unspecified atom stereocenters. The predicted octanol–water partition coefficient (Wildman–Crippen LogP) is 2.32. The molecular weight excluding hydrogens is 206 g/mol. The summed E-state index contributed by atoms with van der Waals surface area (Å²) in [6.07, 6.45) is 0.830. The van der Waals surface area contributed by atoms with Crippen LogP contribution >= 0.6 is 0 Å². The molecule has 1 aliphatic rings. The van der Waals surface area contributed by atoms with Gasteiger partial charge in [0, 0.05) is 0 Å². The van der Waals surface area contributed by atoms with Gasteiger partial charge in [-0.15, -0.1) is 0 Å². The van der Waals surface area contributed by atoms with Gasteiger partial charge in [-0.05, 0) is 26.7 Å². The van der Waals surface area contributed by atoms with E-state index in [1.54, 1.807) is 0 Å². The van der Waals surface area contributed by atoms with Crippen molar-refractivity contribution in [1.82, 2.24) is 5.32 Å². The quantitative estimate of drug-likeness (QED) is 0.753. The van der Waals surface area contributed by atoms with E-state index in [2.05, 4.69) is 19.2 Å². The van der Waals surface area contributed by atoms with Crippen molar-refractivity contribution >= 4 is 6.09 Å². The van der Waals surface area contributed by atoms with Crippen LogP contribution in [0.1, 0.15) is 41.0 Å². The fraction of sp³-hybridized carbons (Fsp3) is 0.917. The Morgan fingerprint density at radius 1 is 1.56 bits per heavy atom. The summed E-state index contributed by atoms with van der Waals surface area (Å²) in [5, 5.41) is 2.90. The lowest BCUT2D eigenvalue weighted by atomic mass is 9.97. The smallest absolute Gasteiger partial charge is 0.407 e. The lowest BCUT2D eigenvalue weighted by Crippen LogP contribution is -2.45. The van der Waals surface area contributed by atoms with Gasteiger partial charge < -0.3 is 14.8 Å². The number of hydrogen-bond donors (Lipinski definition) is 1. The number of carbonyl (C=O) groups is 1. The third-order valence-corrected chi connectivity index (χ3v) is 2.70. The molecule has 0 aromatic heterocycles. The van der Waals surface area contributed by atoms with Gasteiger partial charge in [-0.3, -0.25) is 0 Å². The standard InChI is InChI=1S/C12H23NO3/c1-6-8(2)10(9-7-15-9)13-11(14)16-12(3,4)5/h8-10H,6-7H2,1-5H3,(H,13,14). The molecule has 3 atom stereocenters. The van der Waals surface area contributed by atoms with Crippen LogP contribution < -0.4 is 5.32 Å². The Bertz CT molecular complexity index is 243. The third-order valence-electron chi connectivity index (χ3n) is 2.70. The van der Waals surface area contributed by atoms with Crippen LogP contribution in [0, 0.1) is 5.92 Å². The summed E-state index contributed by atoms with van der Waals surface area (Å²) in [6, 6.07) is 0.0693. The number of ether oxygens (including phenoxy) is 2. The van der Waals surface area contributed by atoms with Crippen molar-refractivity contribution in [2.24, 2.45) is 5.92 Å². The number of alkyl carbamates (subject to hydrolysis) is 1. The molecule has 0 saturated carbocycles. The maximum absolute atomic E-state index is 11.6. The Hall–Kier alpha value is -0.770. The summed E-state index contributed by atoms with van der Waals surface area (Å²) < 4.78 is 10.5. The molecular formula is C12H23NO3. The van der Waals surface area contributed by atoms with Crippen LogP contribution in [0.4, 0.5) is 4.79 Å². The lowest BCUT2D eigenvalue weighted by molar-refractivity contribution is 0.0474. The molecule has 0 spiro atoms. The maximum atomic E-state index is 11.6. The molecule has 1 N–H and O–H groups in total. The Balaban J connectivity index is 2.45. The van der Waals surface area contributed by atoms with Gasteiger partial charge in [0.05, 0.1) is 12.6 Å². The van der Waals surface area contributed by atoms with E-state index in [1.807, 2.05) is 20.8 Å². The van der Waals surface area contributed by atoms with Crippen LogP contribution in [0.3, 0.4) is 0 Å². The van der Waals surface area contributed by atoms with Crippen molar-refractivity contribution in [3.63, 3.8) is 0 Å². The van der Waals surface area contributed by atoms with Gasteiger partial charge in [0.25, 0.3) is 0 Å². The minimum atomic E-state index is -0.450. The molecule has 1 amide bonds. The number of rotatable bonds is 4. The van der Waals surface area contributed by atoms with Gasteiger partial charge in [0.2, 0.25) is 0 Å². The van der Waals surface area contributed by atoms with Gasteiger partial charge in [-0.25, -0.2) is 4.79 Å². The topological polar surface area (TPSA) is 50.9 Å². The summed E-state index contributed by atoms with van der Waals surface area (Å²) in [7, 11) is 0. The summed E-state index contributed by atoms with van der Waals surface area (Å²) >= 11 is 0. The van der Waals surface area contributed by atoms with E-state index < -0.39 is 5.60 Å². The van der Waals surface area contributed by atoms with Gasteiger partial charge >= 0.3 is 6.09 Å². The summed E-state index contributed by atoms with van der Waals surface area (Å²) in [5.41, 5.74) is -0.450. The van der Waals surface area contributed by atoms with Gasteiger partial charge in [-0.1, -0.05) is 20.3 Å². The first-order valence-corrected chi connectivity index (χ1v) is 5.94. The second kappa shape index (κ2) is 5.04. The molecule has 0 bridgehead atoms. The largest absolute Gasteiger partial charge is 0.444 e. The van der Waals surface area contributed by atoms with Crippen molar-refractivity contribution in [2.45, 2.75) is 58.8 Å². The van der Waals surface area contributed by atoms with Gasteiger partial charge in [0.15, 0.2) is 0 Å². The highest BCUT2D eigenvalue weighted by molar-refractivity contribution is 5.68. The van der Waals surface area contributed by atoms with Crippen molar-refractivity contribution < 1.29 is 14.3 Å². The van der Waals surface area contributed by atoms with E-state index in [0.717, 1.165) is 13.0 Å². The van der Waals surface area contributed by atoms with E-state index in [4.69, 9.17) is 9.47 Å². The van der Waals surface area contributed by atoms with Gasteiger partial charge in [0.1, 0.15) is 11.7 Å². The first-order chi connectivity index (χ1) is 7.33. The number of nitrogens with one attached hydrogen (secondary N) is 1. The fourth-order valence-electron chi connectivity index (χ4n) is 1.56. The van der Waals surface area contributed by atoms with Crippen molar-refractivity contribution in [3.8, 4) is 0 Å². The summed E-state index contributed by atoms with van der Waals surface area (Å²) in [6.45, 7) is 10.5. The molecule has 0 aliphatic carbocycles. The molecule has 1 fully saturated rings. The highest BCUT2D eigenvalue weighted by Gasteiger charge is 2.37. The van der Waals surface area contributed by atoms with E-state index in [1.165, 1.54) is 0 Å². The van der Waals surface area contributed by atoms with E-state index in [-0.39, 0.29) is 18.2 Å². The Morgan fingerprint density at radius 3 is 2.50 bits per heavy atom. The Morgan fingerprint density at radius 2 is 2.12 bits per heavy atom. The van der Waals surface area contributed by atoms with Crippen LogP contribution in [0.25, 0.3) is 0 Å². The molecule has 0 aromatic rings. The van der Waals surface area contributed by atoms with Crippen LogP contribution in [0.2, 0.25) is 0 Å². The first kappa shape index (κ1) is 13.3. The zero-order valence-electron chi connectivity index (χ0n) is 10.9. The van der Waals surface area contributed by atoms with Crippen LogP contribution in [0.5, 0.6) is 0 Å². The van der Waals surface area contributed by atoms with E-state index in [9.17, 15) is 4.79 Å². The highest BCUT2D eigenvalue weighted by Crippen LogP contribution is 2.22. The predicted molar refractivity (Wildman–Crippen MR) is 62.4 cm³/mol. The van der Waals surface area contributed by atoms with Gasteiger partial charge in [-0.2, -0.15) is 0 Å². The zero-order valence-corrected chi connectivity index (χ0v) is 10.9. The van der Waals surface area contributed by atoms with Crippen LogP contribution in [-0.2, 0) is 9.47 Å². The Kier molecular flexibility index (Phi) is 4.19. The minimum Gasteiger partial charge on any atom is -0.444 e. The molecule has 4 nitrogen and oxygen atoms in total. The number of amides is 1. The average molecular weight is 229 g/mol. The zero-order chi connectivity index (χ0) is 12.3. The molecule has 1 saturated heterocycles. The Labute approximate surface area is 97.7 Å². The SMILES string of the molecule is CCC(C)C(NC(=O)OC(C)(C)C)C1CO1.